The molecule has 1 rings (SSSR count). The smallest absolute Gasteiger partial charge is 0.315 e. The lowest BCUT2D eigenvalue weighted by atomic mass is 10.2. The molecule has 1 aromatic carbocycles. The van der Waals surface area contributed by atoms with Crippen molar-refractivity contribution in [3.63, 3.8) is 0 Å². The summed E-state index contributed by atoms with van der Waals surface area (Å²) in [5.41, 5.74) is 0.855. The minimum atomic E-state index is -2.92. The van der Waals surface area contributed by atoms with Crippen molar-refractivity contribution >= 4 is 5.91 Å². The fraction of sp³-hybridized carbons (Fsp3) is 0.364. The van der Waals surface area contributed by atoms with Gasteiger partial charge in [0.2, 0.25) is 0 Å². The van der Waals surface area contributed by atoms with Crippen LogP contribution in [0, 0.1) is 0 Å². The highest BCUT2D eigenvalue weighted by atomic mass is 19.3. The summed E-state index contributed by atoms with van der Waals surface area (Å²) in [6.07, 6.45) is -2.92. The third-order valence-corrected chi connectivity index (χ3v) is 2.10. The highest BCUT2D eigenvalue weighted by molar-refractivity contribution is 5.79. The number of benzene rings is 1. The van der Waals surface area contributed by atoms with Crippen LogP contribution in [0.3, 0.4) is 0 Å². The van der Waals surface area contributed by atoms with Gasteiger partial charge in [0, 0.05) is 13.1 Å². The van der Waals surface area contributed by atoms with Crippen molar-refractivity contribution in [2.45, 2.75) is 19.9 Å². The number of nitrogens with zero attached hydrogens (tertiary/aromatic N) is 1. The zero-order chi connectivity index (χ0) is 11.3. The molecule has 0 heterocycles. The van der Waals surface area contributed by atoms with E-state index in [1.54, 1.807) is 19.1 Å². The monoisotopic (exact) mass is 213 g/mol. The van der Waals surface area contributed by atoms with Gasteiger partial charge in [-0.3, -0.25) is 4.79 Å². The molecule has 0 unspecified atom stereocenters. The standard InChI is InChI=1S/C11H13F2NO/c1-2-14(11(15)10(12)13)8-9-6-4-3-5-7-9/h3-7,10H,2,8H2,1H3. The number of carbonyl (C=O) groups excluding carboxylic acids is 1. The molecular formula is C11H13F2NO. The molecule has 1 aromatic rings. The second kappa shape index (κ2) is 5.44. The van der Waals surface area contributed by atoms with Crippen LogP contribution in [-0.2, 0) is 11.3 Å². The Kier molecular flexibility index (Phi) is 4.21. The van der Waals surface area contributed by atoms with E-state index in [0.29, 0.717) is 0 Å². The highest BCUT2D eigenvalue weighted by Crippen LogP contribution is 2.07. The van der Waals surface area contributed by atoms with E-state index >= 15 is 0 Å². The molecule has 2 nitrogen and oxygen atoms in total. The van der Waals surface area contributed by atoms with Crippen LogP contribution in [0.25, 0.3) is 0 Å². The molecule has 0 bridgehead atoms. The van der Waals surface area contributed by atoms with Gasteiger partial charge in [0.15, 0.2) is 0 Å². The molecule has 0 atom stereocenters. The molecule has 0 fully saturated rings. The number of alkyl halides is 2. The summed E-state index contributed by atoms with van der Waals surface area (Å²) >= 11 is 0. The Hall–Kier alpha value is -1.45. The van der Waals surface area contributed by atoms with Gasteiger partial charge < -0.3 is 4.90 Å². The van der Waals surface area contributed by atoms with Gasteiger partial charge in [-0.05, 0) is 12.5 Å². The molecule has 4 heteroatoms. The lowest BCUT2D eigenvalue weighted by Crippen LogP contribution is -2.34. The maximum Gasteiger partial charge on any atom is 0.315 e. The predicted molar refractivity (Wildman–Crippen MR) is 53.5 cm³/mol. The summed E-state index contributed by atoms with van der Waals surface area (Å²) in [6.45, 7) is 2.21. The van der Waals surface area contributed by atoms with Crippen LogP contribution >= 0.6 is 0 Å². The Bertz CT molecular complexity index is 314. The van der Waals surface area contributed by atoms with Crippen molar-refractivity contribution in [3.8, 4) is 0 Å². The molecule has 0 aromatic heterocycles. The predicted octanol–water partition coefficient (Wildman–Crippen LogP) is 2.30. The van der Waals surface area contributed by atoms with Crippen molar-refractivity contribution in [2.75, 3.05) is 6.54 Å². The Morgan fingerprint density at radius 3 is 2.40 bits per heavy atom. The molecule has 0 saturated carbocycles. The maximum absolute atomic E-state index is 12.2. The number of hydrogen-bond donors (Lipinski definition) is 0. The number of carbonyl (C=O) groups is 1. The van der Waals surface area contributed by atoms with Gasteiger partial charge in [0.25, 0.3) is 5.91 Å². The van der Waals surface area contributed by atoms with Crippen LogP contribution in [0.4, 0.5) is 8.78 Å². The van der Waals surface area contributed by atoms with E-state index in [0.717, 1.165) is 10.5 Å². The number of rotatable bonds is 4. The first kappa shape index (κ1) is 11.6. The first-order valence-electron chi connectivity index (χ1n) is 4.76. The fourth-order valence-corrected chi connectivity index (χ4v) is 1.29. The van der Waals surface area contributed by atoms with Crippen molar-refractivity contribution in [2.24, 2.45) is 0 Å². The fourth-order valence-electron chi connectivity index (χ4n) is 1.29. The molecule has 0 spiro atoms. The Labute approximate surface area is 87.5 Å². The van der Waals surface area contributed by atoms with Crippen molar-refractivity contribution in [3.05, 3.63) is 35.9 Å². The molecular weight excluding hydrogens is 200 g/mol. The van der Waals surface area contributed by atoms with Crippen molar-refractivity contribution in [1.82, 2.24) is 4.90 Å². The third-order valence-electron chi connectivity index (χ3n) is 2.10. The summed E-state index contributed by atoms with van der Waals surface area (Å²) < 4.78 is 24.4. The van der Waals surface area contributed by atoms with Crippen LogP contribution in [0.1, 0.15) is 12.5 Å². The van der Waals surface area contributed by atoms with E-state index < -0.39 is 12.3 Å². The van der Waals surface area contributed by atoms with Crippen LogP contribution < -0.4 is 0 Å². The average Bonchev–Trinajstić information content (AvgIpc) is 2.26. The molecule has 0 saturated heterocycles. The molecule has 0 radical (unpaired) electrons. The van der Waals surface area contributed by atoms with Gasteiger partial charge in [-0.15, -0.1) is 0 Å². The van der Waals surface area contributed by atoms with Crippen molar-refractivity contribution < 1.29 is 13.6 Å². The molecule has 15 heavy (non-hydrogen) atoms. The molecule has 0 N–H and O–H groups in total. The van der Waals surface area contributed by atoms with Crippen LogP contribution in [0.2, 0.25) is 0 Å². The van der Waals surface area contributed by atoms with E-state index in [4.69, 9.17) is 0 Å². The SMILES string of the molecule is CCN(Cc1ccccc1)C(=O)C(F)F. The maximum atomic E-state index is 12.2. The Morgan fingerprint density at radius 2 is 1.93 bits per heavy atom. The van der Waals surface area contributed by atoms with Crippen LogP contribution in [0.15, 0.2) is 30.3 Å². The third kappa shape index (κ3) is 3.31. The minimum absolute atomic E-state index is 0.237. The quantitative estimate of drug-likeness (QED) is 0.751. The zero-order valence-corrected chi connectivity index (χ0v) is 8.49. The number of halogens is 2. The number of hydrogen-bond acceptors (Lipinski definition) is 1. The van der Waals surface area contributed by atoms with Gasteiger partial charge in [-0.1, -0.05) is 30.3 Å². The van der Waals surface area contributed by atoms with Gasteiger partial charge in [-0.25, -0.2) is 0 Å². The second-order valence-corrected chi connectivity index (χ2v) is 3.14. The molecule has 0 aliphatic heterocycles. The summed E-state index contributed by atoms with van der Waals surface area (Å²) in [5, 5.41) is 0. The Balaban J connectivity index is 2.66. The van der Waals surface area contributed by atoms with E-state index in [1.807, 2.05) is 18.2 Å². The van der Waals surface area contributed by atoms with E-state index in [9.17, 15) is 13.6 Å². The molecule has 1 amide bonds. The van der Waals surface area contributed by atoms with E-state index in [1.165, 1.54) is 0 Å². The van der Waals surface area contributed by atoms with E-state index in [-0.39, 0.29) is 13.1 Å². The van der Waals surface area contributed by atoms with Crippen LogP contribution in [-0.4, -0.2) is 23.8 Å². The summed E-state index contributed by atoms with van der Waals surface area (Å²) in [6, 6.07) is 9.09. The minimum Gasteiger partial charge on any atom is -0.334 e. The first-order chi connectivity index (χ1) is 7.15. The van der Waals surface area contributed by atoms with Gasteiger partial charge in [-0.2, -0.15) is 8.78 Å². The Morgan fingerprint density at radius 1 is 1.33 bits per heavy atom. The van der Waals surface area contributed by atoms with Gasteiger partial charge in [0.1, 0.15) is 0 Å². The van der Waals surface area contributed by atoms with Crippen molar-refractivity contribution in [1.29, 1.82) is 0 Å². The lowest BCUT2D eigenvalue weighted by molar-refractivity contribution is -0.143. The zero-order valence-electron chi connectivity index (χ0n) is 8.49. The lowest BCUT2D eigenvalue weighted by Gasteiger charge is -2.20. The summed E-state index contributed by atoms with van der Waals surface area (Å²) in [7, 11) is 0. The van der Waals surface area contributed by atoms with E-state index in [2.05, 4.69) is 0 Å². The normalized spacial score (nSPS) is 10.4. The largest absolute Gasteiger partial charge is 0.334 e. The van der Waals surface area contributed by atoms with Gasteiger partial charge >= 0.3 is 6.43 Å². The van der Waals surface area contributed by atoms with Crippen LogP contribution in [0.5, 0.6) is 0 Å². The second-order valence-electron chi connectivity index (χ2n) is 3.14. The molecule has 0 aliphatic rings. The highest BCUT2D eigenvalue weighted by Gasteiger charge is 2.21. The summed E-state index contributed by atoms with van der Waals surface area (Å²) in [5.74, 6) is -1.11. The van der Waals surface area contributed by atoms with Gasteiger partial charge in [0.05, 0.1) is 0 Å². The topological polar surface area (TPSA) is 20.3 Å². The molecule has 82 valence electrons. The molecule has 0 aliphatic carbocycles. The summed E-state index contributed by atoms with van der Waals surface area (Å²) in [4.78, 5) is 12.2. The average molecular weight is 213 g/mol. The first-order valence-corrected chi connectivity index (χ1v) is 4.76. The number of amides is 1.